The van der Waals surface area contributed by atoms with E-state index in [1.165, 1.54) is 25.8 Å². The van der Waals surface area contributed by atoms with Crippen LogP contribution in [0.15, 0.2) is 0 Å². The van der Waals surface area contributed by atoms with Crippen LogP contribution in [0.4, 0.5) is 0 Å². The fraction of sp³-hybridized carbons (Fsp3) is 0.929. The Morgan fingerprint density at radius 1 is 1.35 bits per heavy atom. The predicted octanol–water partition coefficient (Wildman–Crippen LogP) is 2.16. The van der Waals surface area contributed by atoms with Crippen LogP contribution in [0.1, 0.15) is 38.5 Å². The average molecular weight is 328 g/mol. The molecule has 0 spiro atoms. The van der Waals surface area contributed by atoms with Crippen molar-refractivity contribution in [3.05, 3.63) is 0 Å². The van der Waals surface area contributed by atoms with E-state index in [-0.39, 0.29) is 30.7 Å². The van der Waals surface area contributed by atoms with Crippen molar-refractivity contribution in [3.8, 4) is 0 Å². The third-order valence-electron chi connectivity index (χ3n) is 3.96. The molecule has 4 nitrogen and oxygen atoms in total. The molecule has 0 aromatic rings. The van der Waals surface area contributed by atoms with Crippen LogP contribution in [0.25, 0.3) is 0 Å². The van der Waals surface area contributed by atoms with Crippen LogP contribution >= 0.6 is 24.8 Å². The van der Waals surface area contributed by atoms with E-state index in [0.717, 1.165) is 25.9 Å². The van der Waals surface area contributed by atoms with Crippen molar-refractivity contribution in [1.29, 1.82) is 0 Å². The van der Waals surface area contributed by atoms with Gasteiger partial charge in [0.25, 0.3) is 0 Å². The number of nitrogens with zero attached hydrogens (tertiary/aromatic N) is 2. The molecule has 1 unspecified atom stereocenters. The second-order valence-electron chi connectivity index (χ2n) is 5.44. The van der Waals surface area contributed by atoms with Crippen LogP contribution in [-0.4, -0.2) is 62.5 Å². The Kier molecular flexibility index (Phi) is 14.1. The van der Waals surface area contributed by atoms with Gasteiger partial charge in [-0.3, -0.25) is 4.79 Å². The number of carbonyl (C=O) groups excluding carboxylic acids is 1. The van der Waals surface area contributed by atoms with Gasteiger partial charge in [0, 0.05) is 26.1 Å². The van der Waals surface area contributed by atoms with E-state index in [9.17, 15) is 4.79 Å². The summed E-state index contributed by atoms with van der Waals surface area (Å²) in [5.41, 5.74) is 0. The molecule has 0 aliphatic carbocycles. The highest BCUT2D eigenvalue weighted by Crippen LogP contribution is 2.17. The molecule has 0 radical (unpaired) electrons. The molecule has 1 N–H and O–H groups in total. The maximum Gasteiger partial charge on any atom is 0.222 e. The molecule has 0 saturated carbocycles. The standard InChI is InChI=1S/C14H29N3O.2ClH/c1-15-10-6-8-14(18)17(3)12-9-13-7-4-5-11-16(13)2;;/h13,15H,4-12H2,1-3H3;2*1H. The number of nitrogens with one attached hydrogen (secondary N) is 1. The molecule has 0 aromatic heterocycles. The van der Waals surface area contributed by atoms with Crippen LogP contribution in [0.2, 0.25) is 0 Å². The second-order valence-corrected chi connectivity index (χ2v) is 5.44. The van der Waals surface area contributed by atoms with E-state index in [1.54, 1.807) is 0 Å². The number of amides is 1. The molecule has 0 bridgehead atoms. The van der Waals surface area contributed by atoms with Gasteiger partial charge in [-0.2, -0.15) is 0 Å². The highest BCUT2D eigenvalue weighted by molar-refractivity contribution is 5.85. The van der Waals surface area contributed by atoms with Gasteiger partial charge in [-0.15, -0.1) is 24.8 Å². The smallest absolute Gasteiger partial charge is 0.222 e. The Bertz CT molecular complexity index is 255. The van der Waals surface area contributed by atoms with Gasteiger partial charge in [0.2, 0.25) is 5.91 Å². The number of likely N-dealkylation sites (tertiary alicyclic amines) is 1. The van der Waals surface area contributed by atoms with E-state index in [0.29, 0.717) is 12.5 Å². The van der Waals surface area contributed by atoms with Gasteiger partial charge in [-0.1, -0.05) is 6.42 Å². The van der Waals surface area contributed by atoms with Crippen molar-refractivity contribution < 1.29 is 4.79 Å². The lowest BCUT2D eigenvalue weighted by molar-refractivity contribution is -0.130. The quantitative estimate of drug-likeness (QED) is 0.728. The fourth-order valence-corrected chi connectivity index (χ4v) is 2.58. The monoisotopic (exact) mass is 327 g/mol. The number of hydrogen-bond acceptors (Lipinski definition) is 3. The number of hydrogen-bond donors (Lipinski definition) is 1. The van der Waals surface area contributed by atoms with E-state index in [1.807, 2.05) is 19.0 Å². The lowest BCUT2D eigenvalue weighted by Gasteiger charge is -2.33. The van der Waals surface area contributed by atoms with Crippen molar-refractivity contribution in [2.75, 3.05) is 40.8 Å². The summed E-state index contributed by atoms with van der Waals surface area (Å²) in [5, 5.41) is 3.07. The summed E-state index contributed by atoms with van der Waals surface area (Å²) < 4.78 is 0. The van der Waals surface area contributed by atoms with Gasteiger partial charge in [0.1, 0.15) is 0 Å². The molecule has 1 aliphatic rings. The molecule has 1 atom stereocenters. The summed E-state index contributed by atoms with van der Waals surface area (Å²) in [4.78, 5) is 16.2. The van der Waals surface area contributed by atoms with Crippen LogP contribution < -0.4 is 5.32 Å². The average Bonchev–Trinajstić information content (AvgIpc) is 2.37. The molecule has 1 fully saturated rings. The number of rotatable bonds is 7. The number of carbonyl (C=O) groups is 1. The molecule has 1 rings (SSSR count). The van der Waals surface area contributed by atoms with Crippen molar-refractivity contribution in [3.63, 3.8) is 0 Å². The summed E-state index contributed by atoms with van der Waals surface area (Å²) in [6.45, 7) is 3.03. The zero-order chi connectivity index (χ0) is 13.4. The summed E-state index contributed by atoms with van der Waals surface area (Å²) in [5.74, 6) is 0.281. The minimum absolute atomic E-state index is 0. The van der Waals surface area contributed by atoms with Gasteiger partial charge in [0.05, 0.1) is 0 Å². The predicted molar refractivity (Wildman–Crippen MR) is 90.2 cm³/mol. The normalized spacial score (nSPS) is 18.9. The fourth-order valence-electron chi connectivity index (χ4n) is 2.58. The third-order valence-corrected chi connectivity index (χ3v) is 3.96. The van der Waals surface area contributed by atoms with E-state index in [2.05, 4.69) is 17.3 Å². The Morgan fingerprint density at radius 3 is 2.65 bits per heavy atom. The lowest BCUT2D eigenvalue weighted by Crippen LogP contribution is -2.39. The second kappa shape index (κ2) is 12.7. The molecule has 1 amide bonds. The molecule has 0 aromatic carbocycles. The van der Waals surface area contributed by atoms with Crippen LogP contribution in [0.5, 0.6) is 0 Å². The minimum Gasteiger partial charge on any atom is -0.346 e. The Morgan fingerprint density at radius 2 is 2.05 bits per heavy atom. The van der Waals surface area contributed by atoms with Crippen molar-refractivity contribution in [2.45, 2.75) is 44.6 Å². The van der Waals surface area contributed by atoms with Crippen molar-refractivity contribution >= 4 is 30.7 Å². The van der Waals surface area contributed by atoms with Crippen LogP contribution in [-0.2, 0) is 4.79 Å². The maximum absolute atomic E-state index is 11.9. The summed E-state index contributed by atoms with van der Waals surface area (Å²) in [6, 6.07) is 0.673. The number of piperidine rings is 1. The molecular weight excluding hydrogens is 297 g/mol. The van der Waals surface area contributed by atoms with Crippen molar-refractivity contribution in [1.82, 2.24) is 15.1 Å². The first-order valence-electron chi connectivity index (χ1n) is 7.24. The van der Waals surface area contributed by atoms with Gasteiger partial charge < -0.3 is 15.1 Å². The number of halogens is 2. The summed E-state index contributed by atoms with van der Waals surface area (Å²) >= 11 is 0. The van der Waals surface area contributed by atoms with Crippen molar-refractivity contribution in [2.24, 2.45) is 0 Å². The van der Waals surface area contributed by atoms with E-state index >= 15 is 0 Å². The van der Waals surface area contributed by atoms with E-state index < -0.39 is 0 Å². The Balaban J connectivity index is 0. The van der Waals surface area contributed by atoms with Crippen LogP contribution in [0.3, 0.4) is 0 Å². The highest BCUT2D eigenvalue weighted by Gasteiger charge is 2.19. The largest absolute Gasteiger partial charge is 0.346 e. The summed E-state index contributed by atoms with van der Waals surface area (Å²) in [7, 11) is 6.07. The lowest BCUT2D eigenvalue weighted by atomic mass is 10.00. The Hall–Kier alpha value is -0.0300. The highest BCUT2D eigenvalue weighted by atomic mass is 35.5. The van der Waals surface area contributed by atoms with Gasteiger partial charge in [0.15, 0.2) is 0 Å². The van der Waals surface area contributed by atoms with Gasteiger partial charge in [-0.25, -0.2) is 0 Å². The third kappa shape index (κ3) is 8.30. The molecule has 122 valence electrons. The molecule has 1 heterocycles. The minimum atomic E-state index is 0. The zero-order valence-electron chi connectivity index (χ0n) is 13.1. The zero-order valence-corrected chi connectivity index (χ0v) is 14.7. The summed E-state index contributed by atoms with van der Waals surface area (Å²) in [6.07, 6.45) is 6.67. The maximum atomic E-state index is 11.9. The topological polar surface area (TPSA) is 35.6 Å². The first-order valence-corrected chi connectivity index (χ1v) is 7.24. The first-order chi connectivity index (χ1) is 8.65. The van der Waals surface area contributed by atoms with Gasteiger partial charge >= 0.3 is 0 Å². The Labute approximate surface area is 136 Å². The molecule has 6 heteroatoms. The SMILES string of the molecule is CNCCCC(=O)N(C)CCC1CCCCN1C.Cl.Cl. The molecule has 1 aliphatic heterocycles. The molecular formula is C14H31Cl2N3O. The first kappa shape index (κ1) is 22.3. The van der Waals surface area contributed by atoms with E-state index in [4.69, 9.17) is 0 Å². The molecule has 1 saturated heterocycles. The molecule has 20 heavy (non-hydrogen) atoms. The van der Waals surface area contributed by atoms with Gasteiger partial charge in [-0.05, 0) is 52.9 Å². The van der Waals surface area contributed by atoms with Crippen LogP contribution in [0, 0.1) is 0 Å².